The summed E-state index contributed by atoms with van der Waals surface area (Å²) in [6.07, 6.45) is 2.60. The number of hydrogen-bond acceptors (Lipinski definition) is 2. The van der Waals surface area contributed by atoms with Gasteiger partial charge in [-0.1, -0.05) is 18.2 Å². The molecule has 1 unspecified atom stereocenters. The molecule has 1 N–H and O–H groups in total. The molecule has 0 aromatic heterocycles. The molecule has 1 aliphatic rings. The van der Waals surface area contributed by atoms with E-state index in [0.717, 1.165) is 6.54 Å². The Balaban J connectivity index is 1.91. The summed E-state index contributed by atoms with van der Waals surface area (Å²) in [4.78, 5) is 2.39. The van der Waals surface area contributed by atoms with Gasteiger partial charge >= 0.3 is 0 Å². The number of para-hydroxylation sites is 1. The van der Waals surface area contributed by atoms with E-state index in [9.17, 15) is 0 Å². The van der Waals surface area contributed by atoms with E-state index in [1.165, 1.54) is 25.1 Å². The second-order valence-corrected chi connectivity index (χ2v) is 4.11. The first-order valence-electron chi connectivity index (χ1n) is 5.35. The molecule has 0 bridgehead atoms. The monoisotopic (exact) mass is 190 g/mol. The van der Waals surface area contributed by atoms with Crippen molar-refractivity contribution in [3.8, 4) is 0 Å². The van der Waals surface area contributed by atoms with Crippen LogP contribution in [0.25, 0.3) is 0 Å². The number of nitrogens with zero attached hydrogens (tertiary/aromatic N) is 1. The lowest BCUT2D eigenvalue weighted by molar-refractivity contribution is 0.261. The minimum Gasteiger partial charge on any atom is -0.381 e. The number of likely N-dealkylation sites (tertiary alicyclic amines) is 1. The van der Waals surface area contributed by atoms with Gasteiger partial charge in [-0.3, -0.25) is 0 Å². The van der Waals surface area contributed by atoms with E-state index >= 15 is 0 Å². The van der Waals surface area contributed by atoms with Crippen LogP contribution in [-0.2, 0) is 0 Å². The summed E-state index contributed by atoms with van der Waals surface area (Å²) < 4.78 is 0. The molecular weight excluding hydrogens is 172 g/mol. The van der Waals surface area contributed by atoms with Gasteiger partial charge in [0.2, 0.25) is 0 Å². The second-order valence-electron chi connectivity index (χ2n) is 4.11. The minimum absolute atomic E-state index is 0.621. The Kier molecular flexibility index (Phi) is 3.04. The van der Waals surface area contributed by atoms with Crippen molar-refractivity contribution in [2.45, 2.75) is 18.9 Å². The number of likely N-dealkylation sites (N-methyl/N-ethyl adjacent to an activating group) is 1. The van der Waals surface area contributed by atoms with Crippen LogP contribution in [0.4, 0.5) is 5.69 Å². The Morgan fingerprint density at radius 1 is 1.29 bits per heavy atom. The van der Waals surface area contributed by atoms with Crippen molar-refractivity contribution in [3.63, 3.8) is 0 Å². The first kappa shape index (κ1) is 9.53. The van der Waals surface area contributed by atoms with Crippen molar-refractivity contribution in [3.05, 3.63) is 30.3 Å². The zero-order valence-corrected chi connectivity index (χ0v) is 8.74. The summed E-state index contributed by atoms with van der Waals surface area (Å²) in [6.45, 7) is 2.40. The molecule has 76 valence electrons. The van der Waals surface area contributed by atoms with E-state index in [2.05, 4.69) is 47.6 Å². The van der Waals surface area contributed by atoms with E-state index in [-0.39, 0.29) is 0 Å². The fraction of sp³-hybridized carbons (Fsp3) is 0.500. The van der Waals surface area contributed by atoms with Gasteiger partial charge in [0.1, 0.15) is 0 Å². The Bertz CT molecular complexity index is 271. The molecule has 1 atom stereocenters. The molecule has 1 heterocycles. The lowest BCUT2D eigenvalue weighted by atomic mass is 10.1. The lowest BCUT2D eigenvalue weighted by Gasteiger charge is -2.30. The fourth-order valence-electron chi connectivity index (χ4n) is 2.05. The van der Waals surface area contributed by atoms with Gasteiger partial charge in [0.05, 0.1) is 0 Å². The van der Waals surface area contributed by atoms with Crippen molar-refractivity contribution in [1.29, 1.82) is 0 Å². The highest BCUT2D eigenvalue weighted by Gasteiger charge is 2.16. The highest BCUT2D eigenvalue weighted by Crippen LogP contribution is 2.14. The van der Waals surface area contributed by atoms with Crippen LogP contribution in [0, 0.1) is 0 Å². The molecule has 0 spiro atoms. The summed E-state index contributed by atoms with van der Waals surface area (Å²) >= 11 is 0. The van der Waals surface area contributed by atoms with Crippen LogP contribution in [0.15, 0.2) is 30.3 Å². The standard InChI is InChI=1S/C12H18N2/c1-14-9-5-8-12(10-14)13-11-6-3-2-4-7-11/h2-4,6-7,12-13H,5,8-10H2,1H3. The zero-order valence-electron chi connectivity index (χ0n) is 8.74. The summed E-state index contributed by atoms with van der Waals surface area (Å²) in [6, 6.07) is 11.1. The molecule has 0 amide bonds. The van der Waals surface area contributed by atoms with E-state index in [1.807, 2.05) is 0 Å². The van der Waals surface area contributed by atoms with Crippen LogP contribution in [0.3, 0.4) is 0 Å². The Morgan fingerprint density at radius 3 is 2.79 bits per heavy atom. The van der Waals surface area contributed by atoms with Crippen LogP contribution in [-0.4, -0.2) is 31.1 Å². The molecule has 1 fully saturated rings. The third-order valence-electron chi connectivity index (χ3n) is 2.77. The highest BCUT2D eigenvalue weighted by atomic mass is 15.1. The van der Waals surface area contributed by atoms with Gasteiger partial charge in [0.25, 0.3) is 0 Å². The number of nitrogens with one attached hydrogen (secondary N) is 1. The average Bonchev–Trinajstić information content (AvgIpc) is 2.19. The van der Waals surface area contributed by atoms with Crippen LogP contribution >= 0.6 is 0 Å². The van der Waals surface area contributed by atoms with Crippen LogP contribution in [0.2, 0.25) is 0 Å². The van der Waals surface area contributed by atoms with Gasteiger partial charge in [0, 0.05) is 18.3 Å². The predicted octanol–water partition coefficient (Wildman–Crippen LogP) is 2.19. The molecule has 0 radical (unpaired) electrons. The van der Waals surface area contributed by atoms with Crippen molar-refractivity contribution >= 4 is 5.69 Å². The van der Waals surface area contributed by atoms with Crippen molar-refractivity contribution in [2.24, 2.45) is 0 Å². The minimum atomic E-state index is 0.621. The first-order chi connectivity index (χ1) is 6.84. The molecule has 2 rings (SSSR count). The maximum Gasteiger partial charge on any atom is 0.0388 e. The Hall–Kier alpha value is -1.02. The Labute approximate surface area is 85.9 Å². The number of hydrogen-bond donors (Lipinski definition) is 1. The van der Waals surface area contributed by atoms with Gasteiger partial charge < -0.3 is 10.2 Å². The molecule has 0 aliphatic carbocycles. The third kappa shape index (κ3) is 2.48. The average molecular weight is 190 g/mol. The van der Waals surface area contributed by atoms with Gasteiger partial charge in [-0.2, -0.15) is 0 Å². The van der Waals surface area contributed by atoms with E-state index in [4.69, 9.17) is 0 Å². The molecule has 1 saturated heterocycles. The van der Waals surface area contributed by atoms with Gasteiger partial charge in [-0.15, -0.1) is 0 Å². The number of anilines is 1. The van der Waals surface area contributed by atoms with E-state index < -0.39 is 0 Å². The van der Waals surface area contributed by atoms with Gasteiger partial charge in [-0.25, -0.2) is 0 Å². The normalized spacial score (nSPS) is 23.4. The summed E-state index contributed by atoms with van der Waals surface area (Å²) in [5, 5.41) is 3.57. The maximum absolute atomic E-state index is 3.57. The maximum atomic E-state index is 3.57. The Morgan fingerprint density at radius 2 is 2.07 bits per heavy atom. The highest BCUT2D eigenvalue weighted by molar-refractivity contribution is 5.43. The van der Waals surface area contributed by atoms with Crippen molar-refractivity contribution in [2.75, 3.05) is 25.5 Å². The summed E-state index contributed by atoms with van der Waals surface area (Å²) in [5.41, 5.74) is 1.24. The number of benzene rings is 1. The molecule has 0 saturated carbocycles. The SMILES string of the molecule is CN1CCCC(Nc2ccccc2)C1. The fourth-order valence-corrected chi connectivity index (χ4v) is 2.05. The van der Waals surface area contributed by atoms with Gasteiger partial charge in [0.15, 0.2) is 0 Å². The molecule has 1 aromatic rings. The van der Waals surface area contributed by atoms with Gasteiger partial charge in [-0.05, 0) is 38.6 Å². The van der Waals surface area contributed by atoms with Crippen molar-refractivity contribution in [1.82, 2.24) is 4.90 Å². The predicted molar refractivity (Wildman–Crippen MR) is 60.6 cm³/mol. The zero-order chi connectivity index (χ0) is 9.80. The van der Waals surface area contributed by atoms with Crippen LogP contribution in [0.5, 0.6) is 0 Å². The largest absolute Gasteiger partial charge is 0.381 e. The molecular formula is C12H18N2. The first-order valence-corrected chi connectivity index (χ1v) is 5.35. The molecule has 1 aliphatic heterocycles. The molecule has 2 heteroatoms. The quantitative estimate of drug-likeness (QED) is 0.769. The lowest BCUT2D eigenvalue weighted by Crippen LogP contribution is -2.39. The molecule has 14 heavy (non-hydrogen) atoms. The third-order valence-corrected chi connectivity index (χ3v) is 2.77. The van der Waals surface area contributed by atoms with E-state index in [1.54, 1.807) is 0 Å². The number of rotatable bonds is 2. The smallest absolute Gasteiger partial charge is 0.0388 e. The topological polar surface area (TPSA) is 15.3 Å². The summed E-state index contributed by atoms with van der Waals surface area (Å²) in [5.74, 6) is 0. The molecule has 2 nitrogen and oxygen atoms in total. The summed E-state index contributed by atoms with van der Waals surface area (Å²) in [7, 11) is 2.19. The van der Waals surface area contributed by atoms with Crippen molar-refractivity contribution < 1.29 is 0 Å². The van der Waals surface area contributed by atoms with Crippen LogP contribution in [0.1, 0.15) is 12.8 Å². The van der Waals surface area contributed by atoms with Crippen LogP contribution < -0.4 is 5.32 Å². The number of piperidine rings is 1. The molecule has 1 aromatic carbocycles. The van der Waals surface area contributed by atoms with E-state index in [0.29, 0.717) is 6.04 Å². The second kappa shape index (κ2) is 4.47.